The summed E-state index contributed by atoms with van der Waals surface area (Å²) >= 11 is 6.07. The van der Waals surface area contributed by atoms with Crippen molar-refractivity contribution >= 4 is 34.8 Å². The predicted octanol–water partition coefficient (Wildman–Crippen LogP) is 3.16. The van der Waals surface area contributed by atoms with Crippen molar-refractivity contribution in [2.45, 2.75) is 33.6 Å². The zero-order chi connectivity index (χ0) is 16.3. The van der Waals surface area contributed by atoms with Crippen molar-refractivity contribution < 1.29 is 14.4 Å². The Morgan fingerprint density at radius 1 is 1.32 bits per heavy atom. The third kappa shape index (κ3) is 1.73. The fourth-order valence-electron chi connectivity index (χ4n) is 3.99. The van der Waals surface area contributed by atoms with Gasteiger partial charge in [-0.15, -0.1) is 0 Å². The molecular formula is C17H18ClNO3. The van der Waals surface area contributed by atoms with E-state index in [1.165, 1.54) is 0 Å². The van der Waals surface area contributed by atoms with Gasteiger partial charge in [0.05, 0.1) is 0 Å². The fraction of sp³-hybridized carbons (Fsp3) is 0.471. The van der Waals surface area contributed by atoms with E-state index in [0.29, 0.717) is 23.6 Å². The van der Waals surface area contributed by atoms with Crippen molar-refractivity contribution in [1.82, 2.24) is 0 Å². The standard InChI is InChI=1S/C17H18ClNO3/c1-9-4-5-10(8-12(9)18)19-15(22)17-7-6-11(16(17,2)3)13(20)14(17)21/h4-5,8,11H,6-7H2,1-3H3,(H,19,22). The number of anilines is 1. The van der Waals surface area contributed by atoms with E-state index in [-0.39, 0.29) is 5.92 Å². The Morgan fingerprint density at radius 2 is 2.00 bits per heavy atom. The molecule has 2 unspecified atom stereocenters. The Morgan fingerprint density at radius 3 is 2.55 bits per heavy atom. The lowest BCUT2D eigenvalue weighted by atomic mass is 9.68. The van der Waals surface area contributed by atoms with Gasteiger partial charge in [-0.3, -0.25) is 14.4 Å². The summed E-state index contributed by atoms with van der Waals surface area (Å²) in [6.45, 7) is 5.56. The number of aryl methyl sites for hydroxylation is 1. The van der Waals surface area contributed by atoms with Gasteiger partial charge < -0.3 is 5.32 Å². The first-order valence-electron chi connectivity index (χ1n) is 7.38. The van der Waals surface area contributed by atoms with Gasteiger partial charge >= 0.3 is 0 Å². The summed E-state index contributed by atoms with van der Waals surface area (Å²) in [4.78, 5) is 37.3. The van der Waals surface area contributed by atoms with E-state index >= 15 is 0 Å². The Kier molecular flexibility index (Phi) is 3.22. The summed E-state index contributed by atoms with van der Waals surface area (Å²) in [7, 11) is 0. The lowest BCUT2D eigenvalue weighted by Gasteiger charge is -2.33. The maximum Gasteiger partial charge on any atom is 0.239 e. The first-order valence-corrected chi connectivity index (χ1v) is 7.76. The highest BCUT2D eigenvalue weighted by atomic mass is 35.5. The molecule has 1 N–H and O–H groups in total. The number of amides is 1. The van der Waals surface area contributed by atoms with Gasteiger partial charge in [0.25, 0.3) is 0 Å². The van der Waals surface area contributed by atoms with Crippen molar-refractivity contribution in [3.8, 4) is 0 Å². The average Bonchev–Trinajstić information content (AvgIpc) is 2.79. The van der Waals surface area contributed by atoms with Crippen LogP contribution in [-0.4, -0.2) is 17.5 Å². The minimum absolute atomic E-state index is 0.340. The second-order valence-corrected chi connectivity index (χ2v) is 7.24. The number of rotatable bonds is 2. The number of benzene rings is 1. The quantitative estimate of drug-likeness (QED) is 0.672. The summed E-state index contributed by atoms with van der Waals surface area (Å²) in [6.07, 6.45) is 1.03. The third-order valence-corrected chi connectivity index (χ3v) is 5.93. The lowest BCUT2D eigenvalue weighted by molar-refractivity contribution is -0.147. The molecule has 0 aromatic heterocycles. The van der Waals surface area contributed by atoms with Crippen LogP contribution in [-0.2, 0) is 14.4 Å². The fourth-order valence-corrected chi connectivity index (χ4v) is 4.17. The first kappa shape index (κ1) is 15.2. The maximum absolute atomic E-state index is 12.8. The summed E-state index contributed by atoms with van der Waals surface area (Å²) in [5, 5.41) is 3.33. The molecule has 2 bridgehead atoms. The maximum atomic E-state index is 12.8. The molecule has 2 aliphatic rings. The minimum Gasteiger partial charge on any atom is -0.325 e. The number of hydrogen-bond acceptors (Lipinski definition) is 3. The highest BCUT2D eigenvalue weighted by molar-refractivity contribution is 6.48. The van der Waals surface area contributed by atoms with Crippen molar-refractivity contribution in [2.24, 2.45) is 16.7 Å². The van der Waals surface area contributed by atoms with Gasteiger partial charge in [0.1, 0.15) is 5.41 Å². The summed E-state index contributed by atoms with van der Waals surface area (Å²) in [6, 6.07) is 5.21. The molecule has 3 rings (SSSR count). The van der Waals surface area contributed by atoms with Crippen LogP contribution in [0.3, 0.4) is 0 Å². The monoisotopic (exact) mass is 319 g/mol. The van der Waals surface area contributed by atoms with Crippen molar-refractivity contribution in [1.29, 1.82) is 0 Å². The largest absolute Gasteiger partial charge is 0.325 e. The van der Waals surface area contributed by atoms with Crippen LogP contribution in [0.15, 0.2) is 18.2 Å². The molecule has 4 nitrogen and oxygen atoms in total. The van der Waals surface area contributed by atoms with Crippen LogP contribution >= 0.6 is 11.6 Å². The van der Waals surface area contributed by atoms with Gasteiger partial charge in [0.2, 0.25) is 17.5 Å². The van der Waals surface area contributed by atoms with Gasteiger partial charge in [-0.25, -0.2) is 0 Å². The van der Waals surface area contributed by atoms with Gasteiger partial charge in [0, 0.05) is 16.6 Å². The second kappa shape index (κ2) is 4.66. The molecular weight excluding hydrogens is 302 g/mol. The molecule has 1 amide bonds. The number of nitrogens with one attached hydrogen (secondary N) is 1. The molecule has 1 aromatic rings. The first-order chi connectivity index (χ1) is 10.2. The molecule has 2 aliphatic carbocycles. The van der Waals surface area contributed by atoms with E-state index < -0.39 is 28.3 Å². The number of Topliss-reactive ketones (excluding diaryl/α,β-unsaturated/α-hetero) is 2. The molecule has 116 valence electrons. The number of halogens is 1. The van der Waals surface area contributed by atoms with E-state index in [1.54, 1.807) is 18.2 Å². The lowest BCUT2D eigenvalue weighted by Crippen LogP contribution is -2.47. The van der Waals surface area contributed by atoms with Crippen LogP contribution in [0.4, 0.5) is 5.69 Å². The third-order valence-electron chi connectivity index (χ3n) is 5.52. The topological polar surface area (TPSA) is 63.2 Å². The van der Waals surface area contributed by atoms with E-state index in [1.807, 2.05) is 20.8 Å². The molecule has 2 saturated carbocycles. The zero-order valence-corrected chi connectivity index (χ0v) is 13.6. The van der Waals surface area contributed by atoms with E-state index in [4.69, 9.17) is 11.6 Å². The van der Waals surface area contributed by atoms with Gasteiger partial charge in [-0.1, -0.05) is 31.5 Å². The van der Waals surface area contributed by atoms with Crippen LogP contribution in [0.5, 0.6) is 0 Å². The zero-order valence-electron chi connectivity index (χ0n) is 12.8. The number of hydrogen-bond donors (Lipinski definition) is 1. The summed E-state index contributed by atoms with van der Waals surface area (Å²) < 4.78 is 0. The van der Waals surface area contributed by atoms with Crippen LogP contribution in [0.2, 0.25) is 5.02 Å². The van der Waals surface area contributed by atoms with E-state index in [9.17, 15) is 14.4 Å². The Balaban J connectivity index is 1.96. The van der Waals surface area contributed by atoms with Gasteiger partial charge in [0.15, 0.2) is 0 Å². The van der Waals surface area contributed by atoms with Crippen LogP contribution in [0.1, 0.15) is 32.3 Å². The number of ketones is 2. The van der Waals surface area contributed by atoms with Crippen molar-refractivity contribution in [3.63, 3.8) is 0 Å². The second-order valence-electron chi connectivity index (χ2n) is 6.83. The molecule has 2 fully saturated rings. The molecule has 0 saturated heterocycles. The highest BCUT2D eigenvalue weighted by Crippen LogP contribution is 2.62. The van der Waals surface area contributed by atoms with Crippen LogP contribution in [0.25, 0.3) is 0 Å². The number of carbonyl (C=O) groups excluding carboxylic acids is 3. The summed E-state index contributed by atoms with van der Waals surface area (Å²) in [5.74, 6) is -1.67. The molecule has 0 radical (unpaired) electrons. The molecule has 5 heteroatoms. The average molecular weight is 320 g/mol. The normalized spacial score (nSPS) is 29.0. The summed E-state index contributed by atoms with van der Waals surface area (Å²) in [5.41, 5.74) is -0.432. The predicted molar refractivity (Wildman–Crippen MR) is 83.8 cm³/mol. The van der Waals surface area contributed by atoms with E-state index in [0.717, 1.165) is 5.56 Å². The Hall–Kier alpha value is -1.68. The highest BCUT2D eigenvalue weighted by Gasteiger charge is 2.72. The van der Waals surface area contributed by atoms with Crippen molar-refractivity contribution in [3.05, 3.63) is 28.8 Å². The molecule has 0 heterocycles. The Labute approximate surface area is 134 Å². The molecule has 2 atom stereocenters. The van der Waals surface area contributed by atoms with E-state index in [2.05, 4.69) is 5.32 Å². The molecule has 0 aliphatic heterocycles. The molecule has 1 aromatic carbocycles. The van der Waals surface area contributed by atoms with Gasteiger partial charge in [-0.2, -0.15) is 0 Å². The SMILES string of the molecule is Cc1ccc(NC(=O)C23CCC(C(=O)C2=O)C3(C)C)cc1Cl. The number of carbonyl (C=O) groups is 3. The molecule has 0 spiro atoms. The minimum atomic E-state index is -1.24. The smallest absolute Gasteiger partial charge is 0.239 e. The van der Waals surface area contributed by atoms with Crippen LogP contribution < -0.4 is 5.32 Å². The number of fused-ring (bicyclic) bond motifs is 2. The van der Waals surface area contributed by atoms with Crippen molar-refractivity contribution in [2.75, 3.05) is 5.32 Å². The van der Waals surface area contributed by atoms with Crippen LogP contribution in [0, 0.1) is 23.7 Å². The Bertz CT molecular complexity index is 710. The molecule has 22 heavy (non-hydrogen) atoms. The van der Waals surface area contributed by atoms with Gasteiger partial charge in [-0.05, 0) is 42.9 Å².